The summed E-state index contributed by atoms with van der Waals surface area (Å²) in [5.74, 6) is -0.658. The van der Waals surface area contributed by atoms with Crippen LogP contribution < -0.4 is 5.32 Å². The number of hydrogen-bond donors (Lipinski definition) is 1. The first kappa shape index (κ1) is 12.4. The van der Waals surface area contributed by atoms with Crippen molar-refractivity contribution >= 4 is 11.6 Å². The van der Waals surface area contributed by atoms with Crippen LogP contribution in [0.1, 0.15) is 11.4 Å². The number of halogens is 1. The van der Waals surface area contributed by atoms with Gasteiger partial charge < -0.3 is 9.88 Å². The number of rotatable bonds is 3. The predicted molar refractivity (Wildman–Crippen MR) is 68.9 cm³/mol. The van der Waals surface area contributed by atoms with Crippen LogP contribution in [0.2, 0.25) is 0 Å². The second-order valence-corrected chi connectivity index (χ2v) is 4.23. The summed E-state index contributed by atoms with van der Waals surface area (Å²) in [4.78, 5) is 11.8. The van der Waals surface area contributed by atoms with Gasteiger partial charge in [0.05, 0.1) is 5.69 Å². The molecule has 1 N–H and O–H groups in total. The fraction of sp³-hybridized carbons (Fsp3) is 0.214. The third kappa shape index (κ3) is 2.59. The molecule has 0 saturated carbocycles. The van der Waals surface area contributed by atoms with Crippen LogP contribution >= 0.6 is 0 Å². The van der Waals surface area contributed by atoms with Gasteiger partial charge in [-0.05, 0) is 38.1 Å². The van der Waals surface area contributed by atoms with Gasteiger partial charge in [-0.25, -0.2) is 4.39 Å². The van der Waals surface area contributed by atoms with Crippen molar-refractivity contribution in [3.05, 3.63) is 53.6 Å². The lowest BCUT2D eigenvalue weighted by Gasteiger charge is -2.10. The number of aryl methyl sites for hydroxylation is 2. The maximum atomic E-state index is 13.4. The van der Waals surface area contributed by atoms with Crippen molar-refractivity contribution in [3.63, 3.8) is 0 Å². The van der Waals surface area contributed by atoms with Gasteiger partial charge in [-0.1, -0.05) is 12.1 Å². The Hall–Kier alpha value is -2.10. The number of nitrogens with zero attached hydrogens (tertiary/aromatic N) is 1. The molecule has 0 unspecified atom stereocenters. The Morgan fingerprint density at radius 3 is 2.39 bits per heavy atom. The minimum atomic E-state index is -0.424. The summed E-state index contributed by atoms with van der Waals surface area (Å²) < 4.78 is 15.3. The van der Waals surface area contributed by atoms with Crippen LogP contribution in [0.25, 0.3) is 0 Å². The molecule has 0 bridgehead atoms. The van der Waals surface area contributed by atoms with Gasteiger partial charge in [0, 0.05) is 11.4 Å². The summed E-state index contributed by atoms with van der Waals surface area (Å²) in [6.07, 6.45) is 0. The summed E-state index contributed by atoms with van der Waals surface area (Å²) in [6, 6.07) is 10.0. The molecule has 1 heterocycles. The summed E-state index contributed by atoms with van der Waals surface area (Å²) in [6.45, 7) is 4.06. The molecule has 0 aliphatic heterocycles. The van der Waals surface area contributed by atoms with Crippen LogP contribution in [-0.2, 0) is 11.3 Å². The minimum absolute atomic E-state index is 0.193. The van der Waals surface area contributed by atoms with E-state index in [1.807, 2.05) is 30.5 Å². The molecule has 0 aliphatic rings. The Morgan fingerprint density at radius 2 is 1.78 bits per heavy atom. The zero-order valence-electron chi connectivity index (χ0n) is 10.4. The summed E-state index contributed by atoms with van der Waals surface area (Å²) >= 11 is 0. The standard InChI is InChI=1S/C14H15FN2O/c1-10-7-8-11(2)17(10)9-14(18)16-13-6-4-3-5-12(13)15/h3-8H,9H2,1-2H3,(H,16,18). The number of carbonyl (C=O) groups excluding carboxylic acids is 1. The lowest BCUT2D eigenvalue weighted by atomic mass is 10.3. The van der Waals surface area contributed by atoms with Gasteiger partial charge in [0.25, 0.3) is 0 Å². The lowest BCUT2D eigenvalue weighted by molar-refractivity contribution is -0.116. The number of carbonyl (C=O) groups is 1. The van der Waals surface area contributed by atoms with Crippen molar-refractivity contribution < 1.29 is 9.18 Å². The van der Waals surface area contributed by atoms with Crippen LogP contribution in [0.3, 0.4) is 0 Å². The first-order chi connectivity index (χ1) is 8.58. The number of nitrogens with one attached hydrogen (secondary N) is 1. The fourth-order valence-corrected chi connectivity index (χ4v) is 1.84. The van der Waals surface area contributed by atoms with Crippen molar-refractivity contribution in [2.45, 2.75) is 20.4 Å². The lowest BCUT2D eigenvalue weighted by Crippen LogP contribution is -2.20. The van der Waals surface area contributed by atoms with E-state index < -0.39 is 5.82 Å². The van der Waals surface area contributed by atoms with Gasteiger partial charge in [-0.15, -0.1) is 0 Å². The van der Waals surface area contributed by atoms with E-state index in [-0.39, 0.29) is 18.1 Å². The van der Waals surface area contributed by atoms with E-state index >= 15 is 0 Å². The Kier molecular flexibility index (Phi) is 3.46. The predicted octanol–water partition coefficient (Wildman–Crippen LogP) is 2.88. The molecule has 0 atom stereocenters. The summed E-state index contributed by atoms with van der Waals surface area (Å²) in [5, 5.41) is 2.57. The molecule has 0 radical (unpaired) electrons. The third-order valence-corrected chi connectivity index (χ3v) is 2.87. The van der Waals surface area contributed by atoms with Crippen LogP contribution in [0, 0.1) is 19.7 Å². The molecule has 0 fully saturated rings. The molecular formula is C14H15FN2O. The average molecular weight is 246 g/mol. The van der Waals surface area contributed by atoms with Gasteiger partial charge >= 0.3 is 0 Å². The third-order valence-electron chi connectivity index (χ3n) is 2.87. The molecule has 2 rings (SSSR count). The maximum absolute atomic E-state index is 13.4. The topological polar surface area (TPSA) is 34.0 Å². The van der Waals surface area contributed by atoms with Crippen LogP contribution in [0.15, 0.2) is 36.4 Å². The van der Waals surface area contributed by atoms with Gasteiger partial charge in [0.15, 0.2) is 0 Å². The molecule has 3 nitrogen and oxygen atoms in total. The maximum Gasteiger partial charge on any atom is 0.244 e. The molecule has 4 heteroatoms. The second-order valence-electron chi connectivity index (χ2n) is 4.23. The first-order valence-electron chi connectivity index (χ1n) is 5.75. The largest absolute Gasteiger partial charge is 0.340 e. The van der Waals surface area contributed by atoms with Crippen molar-refractivity contribution in [3.8, 4) is 0 Å². The zero-order valence-corrected chi connectivity index (χ0v) is 10.4. The van der Waals surface area contributed by atoms with Crippen molar-refractivity contribution in [2.75, 3.05) is 5.32 Å². The van der Waals surface area contributed by atoms with Gasteiger partial charge in [-0.3, -0.25) is 4.79 Å². The van der Waals surface area contributed by atoms with Crippen molar-refractivity contribution in [1.29, 1.82) is 0 Å². The Balaban J connectivity index is 2.08. The Morgan fingerprint density at radius 1 is 1.17 bits per heavy atom. The van der Waals surface area contributed by atoms with Crippen molar-refractivity contribution in [2.24, 2.45) is 0 Å². The van der Waals surface area contributed by atoms with Crippen LogP contribution in [0.5, 0.6) is 0 Å². The quantitative estimate of drug-likeness (QED) is 0.887. The smallest absolute Gasteiger partial charge is 0.244 e. The van der Waals surface area contributed by atoms with Gasteiger partial charge in [-0.2, -0.15) is 0 Å². The van der Waals surface area contributed by atoms with E-state index in [1.165, 1.54) is 6.07 Å². The van der Waals surface area contributed by atoms with E-state index in [2.05, 4.69) is 5.32 Å². The summed E-state index contributed by atoms with van der Waals surface area (Å²) in [5.41, 5.74) is 2.23. The highest BCUT2D eigenvalue weighted by atomic mass is 19.1. The molecule has 94 valence electrons. The molecule has 1 aromatic carbocycles. The molecule has 0 saturated heterocycles. The first-order valence-corrected chi connectivity index (χ1v) is 5.75. The highest BCUT2D eigenvalue weighted by molar-refractivity contribution is 5.90. The molecule has 18 heavy (non-hydrogen) atoms. The highest BCUT2D eigenvalue weighted by Gasteiger charge is 2.09. The van der Waals surface area contributed by atoms with Crippen LogP contribution in [0.4, 0.5) is 10.1 Å². The normalized spacial score (nSPS) is 10.4. The number of hydrogen-bond acceptors (Lipinski definition) is 1. The molecule has 1 aromatic heterocycles. The summed E-state index contributed by atoms with van der Waals surface area (Å²) in [7, 11) is 0. The molecule has 0 spiro atoms. The highest BCUT2D eigenvalue weighted by Crippen LogP contribution is 2.13. The Labute approximate surface area is 105 Å². The molecule has 2 aromatic rings. The molecule has 1 amide bonds. The van der Waals surface area contributed by atoms with E-state index in [0.29, 0.717) is 0 Å². The Bertz CT molecular complexity index is 555. The number of anilines is 1. The number of benzene rings is 1. The minimum Gasteiger partial charge on any atom is -0.340 e. The molecular weight excluding hydrogens is 231 g/mol. The SMILES string of the molecule is Cc1ccc(C)n1CC(=O)Nc1ccccc1F. The van der Waals surface area contributed by atoms with Crippen molar-refractivity contribution in [1.82, 2.24) is 4.57 Å². The molecule has 0 aliphatic carbocycles. The van der Waals surface area contributed by atoms with E-state index in [0.717, 1.165) is 11.4 Å². The fourth-order valence-electron chi connectivity index (χ4n) is 1.84. The number of para-hydroxylation sites is 1. The zero-order chi connectivity index (χ0) is 13.1. The van der Waals surface area contributed by atoms with Gasteiger partial charge in [0.1, 0.15) is 12.4 Å². The monoisotopic (exact) mass is 246 g/mol. The number of amides is 1. The number of aromatic nitrogens is 1. The van der Waals surface area contributed by atoms with Crippen LogP contribution in [-0.4, -0.2) is 10.5 Å². The van der Waals surface area contributed by atoms with E-state index in [9.17, 15) is 9.18 Å². The van der Waals surface area contributed by atoms with E-state index in [1.54, 1.807) is 18.2 Å². The van der Waals surface area contributed by atoms with E-state index in [4.69, 9.17) is 0 Å². The average Bonchev–Trinajstić information content (AvgIpc) is 2.64. The van der Waals surface area contributed by atoms with Gasteiger partial charge in [0.2, 0.25) is 5.91 Å². The second kappa shape index (κ2) is 5.04.